The summed E-state index contributed by atoms with van der Waals surface area (Å²) >= 11 is 0. The molecule has 2 fully saturated rings. The highest BCUT2D eigenvalue weighted by molar-refractivity contribution is 6.22. The van der Waals surface area contributed by atoms with E-state index in [1.54, 1.807) is 6.92 Å². The number of hydrogen-bond acceptors (Lipinski definition) is 3. The van der Waals surface area contributed by atoms with E-state index in [1.807, 2.05) is 43.3 Å². The summed E-state index contributed by atoms with van der Waals surface area (Å²) in [6.07, 6.45) is -3.11. The molecule has 4 rings (SSSR count). The van der Waals surface area contributed by atoms with Gasteiger partial charge >= 0.3 is 6.18 Å². The Hall–Kier alpha value is -2.93. The normalized spacial score (nSPS) is 26.5. The molecule has 0 radical (unpaired) electrons. The van der Waals surface area contributed by atoms with E-state index in [9.17, 15) is 22.8 Å². The van der Waals surface area contributed by atoms with Crippen LogP contribution in [0.1, 0.15) is 31.4 Å². The number of halogens is 3. The highest BCUT2D eigenvalue weighted by Crippen LogP contribution is 2.44. The first-order valence-corrected chi connectivity index (χ1v) is 10.1. The topological polar surface area (TPSA) is 46.6 Å². The van der Waals surface area contributed by atoms with Gasteiger partial charge < -0.3 is 4.74 Å². The smallest absolute Gasteiger partial charge is 0.373 e. The number of carbonyl (C=O) groups excluding carboxylic acids is 2. The summed E-state index contributed by atoms with van der Waals surface area (Å²) in [5.41, 5.74) is 1.05. The van der Waals surface area contributed by atoms with Crippen LogP contribution >= 0.6 is 0 Å². The van der Waals surface area contributed by atoms with Gasteiger partial charge in [0, 0.05) is 0 Å². The summed E-state index contributed by atoms with van der Waals surface area (Å²) < 4.78 is 45.3. The third-order valence-electron chi connectivity index (χ3n) is 5.86. The average molecular weight is 429 g/mol. The quantitative estimate of drug-likeness (QED) is 0.636. The molecule has 4 nitrogen and oxygen atoms in total. The Bertz CT molecular complexity index is 1030. The molecule has 2 aromatic carbocycles. The van der Waals surface area contributed by atoms with Crippen molar-refractivity contribution in [1.82, 2.24) is 0 Å². The van der Waals surface area contributed by atoms with Gasteiger partial charge in [-0.1, -0.05) is 48.0 Å². The largest absolute Gasteiger partial charge is 0.416 e. The van der Waals surface area contributed by atoms with E-state index in [2.05, 4.69) is 0 Å². The van der Waals surface area contributed by atoms with Crippen LogP contribution in [0.5, 0.6) is 0 Å². The minimum atomic E-state index is -4.56. The van der Waals surface area contributed by atoms with Crippen molar-refractivity contribution in [3.8, 4) is 0 Å². The number of hydrogen-bond donors (Lipinski definition) is 0. The first kappa shape index (κ1) is 21.3. The van der Waals surface area contributed by atoms with Crippen LogP contribution < -0.4 is 4.90 Å². The molecule has 4 atom stereocenters. The zero-order valence-corrected chi connectivity index (χ0v) is 17.1. The van der Waals surface area contributed by atoms with E-state index in [-0.39, 0.29) is 5.69 Å². The van der Waals surface area contributed by atoms with Crippen LogP contribution in [0.4, 0.5) is 18.9 Å². The summed E-state index contributed by atoms with van der Waals surface area (Å²) in [6.45, 7) is 3.66. The predicted octanol–water partition coefficient (Wildman–Crippen LogP) is 5.09. The van der Waals surface area contributed by atoms with Gasteiger partial charge in [0.1, 0.15) is 0 Å². The van der Waals surface area contributed by atoms with Crippen LogP contribution in [-0.4, -0.2) is 24.0 Å². The van der Waals surface area contributed by atoms with E-state index < -0.39 is 47.6 Å². The number of rotatable bonds is 4. The van der Waals surface area contributed by atoms with E-state index in [0.29, 0.717) is 6.42 Å². The molecule has 2 aliphatic rings. The van der Waals surface area contributed by atoms with Gasteiger partial charge in [-0.25, -0.2) is 4.90 Å². The maximum atomic E-state index is 13.2. The molecule has 0 spiro atoms. The lowest BCUT2D eigenvalue weighted by molar-refractivity contribution is -0.137. The molecule has 0 aromatic heterocycles. The number of benzene rings is 2. The van der Waals surface area contributed by atoms with E-state index >= 15 is 0 Å². The molecule has 7 heteroatoms. The van der Waals surface area contributed by atoms with Crippen LogP contribution in [-0.2, 0) is 20.5 Å². The van der Waals surface area contributed by atoms with Crippen molar-refractivity contribution in [2.24, 2.45) is 11.8 Å². The van der Waals surface area contributed by atoms with Crippen molar-refractivity contribution >= 4 is 23.6 Å². The Morgan fingerprint density at radius 1 is 1.03 bits per heavy atom. The number of fused-ring (bicyclic) bond motifs is 1. The lowest BCUT2D eigenvalue weighted by atomic mass is 9.87. The van der Waals surface area contributed by atoms with Crippen molar-refractivity contribution in [2.45, 2.75) is 38.7 Å². The van der Waals surface area contributed by atoms with Gasteiger partial charge in [0.05, 0.1) is 35.3 Å². The fraction of sp³-hybridized carbons (Fsp3) is 0.333. The average Bonchev–Trinajstić information content (AvgIpc) is 3.17. The van der Waals surface area contributed by atoms with Crippen LogP contribution in [0.15, 0.2) is 60.2 Å². The number of nitrogens with zero attached hydrogens (tertiary/aromatic N) is 1. The Morgan fingerprint density at radius 2 is 1.71 bits per heavy atom. The second-order valence-electron chi connectivity index (χ2n) is 8.10. The highest BCUT2D eigenvalue weighted by Gasteiger charge is 2.58. The van der Waals surface area contributed by atoms with E-state index in [4.69, 9.17) is 4.74 Å². The minimum absolute atomic E-state index is 0.0540. The fourth-order valence-corrected chi connectivity index (χ4v) is 4.50. The highest BCUT2D eigenvalue weighted by atomic mass is 19.4. The van der Waals surface area contributed by atoms with Gasteiger partial charge in [0.15, 0.2) is 0 Å². The summed E-state index contributed by atoms with van der Waals surface area (Å²) in [5, 5.41) is 0. The molecular formula is C24H22F3NO3. The SMILES string of the molecule is C/C(=C\c1ccccc1)CC1OC(C)C2C(=O)N(c3cccc(C(F)(F)F)c3)C(=O)C12. The summed E-state index contributed by atoms with van der Waals surface area (Å²) in [6, 6.07) is 14.0. The number of anilines is 1. The first-order chi connectivity index (χ1) is 14.7. The van der Waals surface area contributed by atoms with Gasteiger partial charge in [-0.2, -0.15) is 13.2 Å². The molecule has 0 saturated carbocycles. The van der Waals surface area contributed by atoms with Crippen molar-refractivity contribution in [3.05, 3.63) is 71.3 Å². The van der Waals surface area contributed by atoms with Crippen molar-refractivity contribution in [1.29, 1.82) is 0 Å². The lowest BCUT2D eigenvalue weighted by Crippen LogP contribution is -2.35. The van der Waals surface area contributed by atoms with Crippen molar-refractivity contribution in [2.75, 3.05) is 4.90 Å². The van der Waals surface area contributed by atoms with Crippen LogP contribution in [0.2, 0.25) is 0 Å². The maximum Gasteiger partial charge on any atom is 0.416 e. The van der Waals surface area contributed by atoms with Crippen LogP contribution in [0.25, 0.3) is 6.08 Å². The standard InChI is InChI=1S/C24H22F3NO3/c1-14(11-16-7-4-3-5-8-16)12-19-21-20(15(2)31-19)22(29)28(23(21)30)18-10-6-9-17(13-18)24(25,26)27/h3-11,13,15,19-21H,12H2,1-2H3/b14-11+. The monoisotopic (exact) mass is 429 g/mol. The first-order valence-electron chi connectivity index (χ1n) is 10.1. The number of imide groups is 1. The molecule has 0 N–H and O–H groups in total. The number of alkyl halides is 3. The lowest BCUT2D eigenvalue weighted by Gasteiger charge is -2.21. The van der Waals surface area contributed by atoms with Gasteiger partial charge in [-0.15, -0.1) is 0 Å². The Balaban J connectivity index is 1.60. The number of amides is 2. The molecule has 2 saturated heterocycles. The van der Waals surface area contributed by atoms with E-state index in [1.165, 1.54) is 12.1 Å². The van der Waals surface area contributed by atoms with E-state index in [0.717, 1.165) is 28.2 Å². The Morgan fingerprint density at radius 3 is 2.39 bits per heavy atom. The third kappa shape index (κ3) is 4.02. The number of carbonyl (C=O) groups is 2. The molecular weight excluding hydrogens is 407 g/mol. The molecule has 2 aromatic rings. The van der Waals surface area contributed by atoms with Crippen molar-refractivity contribution in [3.63, 3.8) is 0 Å². The molecule has 4 unspecified atom stereocenters. The summed E-state index contributed by atoms with van der Waals surface area (Å²) in [5.74, 6) is -2.42. The second kappa shape index (κ2) is 7.96. The molecule has 0 aliphatic carbocycles. The minimum Gasteiger partial charge on any atom is -0.373 e. The molecule has 31 heavy (non-hydrogen) atoms. The summed E-state index contributed by atoms with van der Waals surface area (Å²) in [7, 11) is 0. The van der Waals surface area contributed by atoms with Gasteiger partial charge in [-0.05, 0) is 44.0 Å². The van der Waals surface area contributed by atoms with Gasteiger partial charge in [0.2, 0.25) is 11.8 Å². The third-order valence-corrected chi connectivity index (χ3v) is 5.86. The Labute approximate surface area is 178 Å². The Kier molecular flexibility index (Phi) is 5.47. The fourth-order valence-electron chi connectivity index (χ4n) is 4.50. The van der Waals surface area contributed by atoms with Crippen LogP contribution in [0.3, 0.4) is 0 Å². The molecule has 2 heterocycles. The zero-order valence-electron chi connectivity index (χ0n) is 17.1. The van der Waals surface area contributed by atoms with Crippen LogP contribution in [0, 0.1) is 11.8 Å². The molecule has 0 bridgehead atoms. The number of ether oxygens (including phenoxy) is 1. The molecule has 2 aliphatic heterocycles. The van der Waals surface area contributed by atoms with Crippen molar-refractivity contribution < 1.29 is 27.5 Å². The van der Waals surface area contributed by atoms with Gasteiger partial charge in [-0.3, -0.25) is 9.59 Å². The summed E-state index contributed by atoms with van der Waals surface area (Å²) in [4.78, 5) is 27.1. The molecule has 162 valence electrons. The predicted molar refractivity (Wildman–Crippen MR) is 110 cm³/mol. The second-order valence-corrected chi connectivity index (χ2v) is 8.10. The zero-order chi connectivity index (χ0) is 22.3. The van der Waals surface area contributed by atoms with Gasteiger partial charge in [0.25, 0.3) is 0 Å². The maximum absolute atomic E-state index is 13.2. The molecule has 2 amide bonds.